The fourth-order valence-corrected chi connectivity index (χ4v) is 4.09. The number of alkyl halides is 1. The lowest BCUT2D eigenvalue weighted by molar-refractivity contribution is -0.133. The molecule has 3 aromatic rings. The zero-order chi connectivity index (χ0) is 27.2. The molecule has 200 valence electrons. The monoisotopic (exact) mass is 516 g/mol. The number of nitrogens with zero attached hydrogens (tertiary/aromatic N) is 2. The highest BCUT2D eigenvalue weighted by molar-refractivity contribution is 5.81. The van der Waals surface area contributed by atoms with Gasteiger partial charge in [0.2, 0.25) is 5.91 Å². The normalized spacial score (nSPS) is 14.3. The molecule has 0 fully saturated rings. The second-order valence-corrected chi connectivity index (χ2v) is 10.2. The van der Waals surface area contributed by atoms with Crippen molar-refractivity contribution in [1.82, 2.24) is 14.9 Å². The van der Waals surface area contributed by atoms with E-state index in [1.807, 2.05) is 51.1 Å². The second-order valence-electron chi connectivity index (χ2n) is 10.2. The van der Waals surface area contributed by atoms with Crippen LogP contribution in [0.15, 0.2) is 54.7 Å². The molecule has 1 unspecified atom stereocenters. The third-order valence-electron chi connectivity index (χ3n) is 6.21. The molecule has 6 nitrogen and oxygen atoms in total. The van der Waals surface area contributed by atoms with Crippen LogP contribution in [0.3, 0.4) is 0 Å². The molecule has 9 heteroatoms. The van der Waals surface area contributed by atoms with Gasteiger partial charge >= 0.3 is 0 Å². The number of nitrogens with two attached hydrogens (primary N) is 1. The fourth-order valence-electron chi connectivity index (χ4n) is 4.09. The van der Waals surface area contributed by atoms with Gasteiger partial charge in [0.15, 0.2) is 0 Å². The first-order chi connectivity index (χ1) is 17.5. The van der Waals surface area contributed by atoms with E-state index in [4.69, 9.17) is 15.5 Å². The van der Waals surface area contributed by atoms with Crippen LogP contribution in [0.25, 0.3) is 11.3 Å². The van der Waals surface area contributed by atoms with E-state index in [1.165, 1.54) is 7.11 Å². The van der Waals surface area contributed by atoms with Crippen LogP contribution < -0.4 is 11.1 Å². The first kappa shape index (κ1) is 28.4. The number of halogens is 3. The van der Waals surface area contributed by atoms with Crippen LogP contribution in [0.1, 0.15) is 51.0 Å². The molecule has 0 spiro atoms. The Hall–Kier alpha value is -3.17. The third-order valence-corrected chi connectivity index (χ3v) is 6.21. The molecule has 3 N–H and O–H groups in total. The highest BCUT2D eigenvalue weighted by Crippen LogP contribution is 2.34. The molecule has 0 aliphatic rings. The van der Waals surface area contributed by atoms with Crippen molar-refractivity contribution < 1.29 is 22.7 Å². The minimum absolute atomic E-state index is 0.0142. The number of rotatable bonds is 11. The Morgan fingerprint density at radius 2 is 1.84 bits per heavy atom. The average molecular weight is 517 g/mol. The summed E-state index contributed by atoms with van der Waals surface area (Å²) in [7, 11) is 1.42. The molecule has 1 aromatic heterocycles. The van der Waals surface area contributed by atoms with Crippen molar-refractivity contribution >= 4 is 5.91 Å². The highest BCUT2D eigenvalue weighted by Gasteiger charge is 2.34. The van der Waals surface area contributed by atoms with E-state index in [0.29, 0.717) is 11.5 Å². The third kappa shape index (κ3) is 7.42. The van der Waals surface area contributed by atoms with Crippen LogP contribution in [-0.4, -0.2) is 41.4 Å². The zero-order valence-corrected chi connectivity index (χ0v) is 21.7. The van der Waals surface area contributed by atoms with Gasteiger partial charge in [0.05, 0.1) is 18.3 Å². The number of imidazole rings is 1. The summed E-state index contributed by atoms with van der Waals surface area (Å²) in [4.78, 5) is 18.1. The quantitative estimate of drug-likeness (QED) is 0.368. The van der Waals surface area contributed by atoms with Crippen molar-refractivity contribution in [3.63, 3.8) is 0 Å². The lowest BCUT2D eigenvalue weighted by Crippen LogP contribution is -2.44. The van der Waals surface area contributed by atoms with Gasteiger partial charge in [-0.05, 0) is 36.5 Å². The van der Waals surface area contributed by atoms with Gasteiger partial charge in [0, 0.05) is 30.5 Å². The molecule has 0 radical (unpaired) electrons. The lowest BCUT2D eigenvalue weighted by atomic mass is 9.85. The Morgan fingerprint density at radius 3 is 2.46 bits per heavy atom. The van der Waals surface area contributed by atoms with E-state index in [0.717, 1.165) is 23.8 Å². The number of amides is 1. The van der Waals surface area contributed by atoms with Gasteiger partial charge < -0.3 is 20.4 Å². The molecule has 0 aliphatic carbocycles. The van der Waals surface area contributed by atoms with Gasteiger partial charge in [0.1, 0.15) is 30.2 Å². The smallest absolute Gasteiger partial charge is 0.249 e. The molecule has 0 aliphatic heterocycles. The molecule has 0 saturated carbocycles. The minimum Gasteiger partial charge on any atom is -0.372 e. The summed E-state index contributed by atoms with van der Waals surface area (Å²) < 4.78 is 48.4. The molecule has 1 heterocycles. The van der Waals surface area contributed by atoms with E-state index < -0.39 is 41.9 Å². The number of carbonyl (C=O) groups is 1. The predicted octanol–water partition coefficient (Wildman–Crippen LogP) is 5.17. The van der Waals surface area contributed by atoms with Gasteiger partial charge in [-0.2, -0.15) is 0 Å². The first-order valence-electron chi connectivity index (χ1n) is 12.2. The Kier molecular flexibility index (Phi) is 9.50. The number of hydrogen-bond acceptors (Lipinski definition) is 4. The van der Waals surface area contributed by atoms with E-state index in [1.54, 1.807) is 10.8 Å². The molecule has 1 amide bonds. The van der Waals surface area contributed by atoms with E-state index in [2.05, 4.69) is 5.32 Å². The summed E-state index contributed by atoms with van der Waals surface area (Å²) in [5, 5.41) is 3.03. The number of methoxy groups -OCH3 is 1. The van der Waals surface area contributed by atoms with Gasteiger partial charge in [-0.3, -0.25) is 4.79 Å². The molecule has 3 atom stereocenters. The minimum atomic E-state index is -0.833. The lowest BCUT2D eigenvalue weighted by Gasteiger charge is -2.32. The predicted molar refractivity (Wildman–Crippen MR) is 137 cm³/mol. The van der Waals surface area contributed by atoms with Crippen LogP contribution in [-0.2, 0) is 16.1 Å². The number of carbonyl (C=O) groups excluding carboxylic acids is 1. The zero-order valence-electron chi connectivity index (χ0n) is 21.7. The number of benzene rings is 2. The van der Waals surface area contributed by atoms with Crippen molar-refractivity contribution in [2.45, 2.75) is 58.3 Å². The Balaban J connectivity index is 2.01. The van der Waals surface area contributed by atoms with Crippen LogP contribution >= 0.6 is 0 Å². The van der Waals surface area contributed by atoms with Gasteiger partial charge in [-0.25, -0.2) is 18.2 Å². The summed E-state index contributed by atoms with van der Waals surface area (Å²) in [5.74, 6) is -0.987. The molecule has 3 rings (SSSR count). The topological polar surface area (TPSA) is 82.2 Å². The molecule has 2 aromatic carbocycles. The maximum Gasteiger partial charge on any atom is 0.249 e. The van der Waals surface area contributed by atoms with Gasteiger partial charge in [-0.15, -0.1) is 0 Å². The van der Waals surface area contributed by atoms with Crippen molar-refractivity contribution in [2.75, 3.05) is 13.8 Å². The maximum atomic E-state index is 14.6. The van der Waals surface area contributed by atoms with E-state index in [9.17, 15) is 18.0 Å². The Labute approximate surface area is 216 Å². The molecule has 0 saturated heterocycles. The van der Waals surface area contributed by atoms with Crippen molar-refractivity contribution in [3.8, 4) is 11.3 Å². The van der Waals surface area contributed by atoms with Crippen LogP contribution in [0.4, 0.5) is 13.2 Å². The van der Waals surface area contributed by atoms with Gasteiger partial charge in [-0.1, -0.05) is 51.1 Å². The van der Waals surface area contributed by atoms with Crippen molar-refractivity contribution in [3.05, 3.63) is 77.8 Å². The summed E-state index contributed by atoms with van der Waals surface area (Å²) in [6.45, 7) is 5.17. The van der Waals surface area contributed by atoms with Crippen LogP contribution in [0.5, 0.6) is 0 Å². The Morgan fingerprint density at radius 1 is 1.14 bits per heavy atom. The van der Waals surface area contributed by atoms with E-state index in [-0.39, 0.29) is 30.9 Å². The van der Waals surface area contributed by atoms with Crippen LogP contribution in [0, 0.1) is 17.0 Å². The molecule has 37 heavy (non-hydrogen) atoms. The van der Waals surface area contributed by atoms with Crippen molar-refractivity contribution in [1.29, 1.82) is 0 Å². The first-order valence-corrected chi connectivity index (χ1v) is 12.2. The summed E-state index contributed by atoms with van der Waals surface area (Å²) in [6.07, 6.45) is 1.48. The highest BCUT2D eigenvalue weighted by atomic mass is 19.1. The summed E-state index contributed by atoms with van der Waals surface area (Å²) in [6, 6.07) is 11.5. The molecular formula is C28H35F3N4O2. The molecular weight excluding hydrogens is 481 g/mol. The number of nitrogens with one attached hydrogen (secondary N) is 1. The van der Waals surface area contributed by atoms with E-state index >= 15 is 0 Å². The average Bonchev–Trinajstić information content (AvgIpc) is 3.27. The SMILES string of the molecule is COC(CC[C@@H](N)CF)C(=O)N[C@@H](c1nc(-c2ccccc2)cn1Cc1cc(F)ccc1F)C(C)(C)C. The summed E-state index contributed by atoms with van der Waals surface area (Å²) >= 11 is 0. The fraction of sp³-hybridized carbons (Fsp3) is 0.429. The van der Waals surface area contributed by atoms with Gasteiger partial charge in [0.25, 0.3) is 0 Å². The van der Waals surface area contributed by atoms with Crippen LogP contribution in [0.2, 0.25) is 0 Å². The maximum absolute atomic E-state index is 14.6. The Bertz CT molecular complexity index is 1180. The van der Waals surface area contributed by atoms with Crippen molar-refractivity contribution in [2.24, 2.45) is 11.1 Å². The number of aromatic nitrogens is 2. The largest absolute Gasteiger partial charge is 0.372 e. The molecule has 0 bridgehead atoms. The number of hydrogen-bond donors (Lipinski definition) is 2. The second kappa shape index (κ2) is 12.4. The number of ether oxygens (including phenoxy) is 1. The standard InChI is InChI=1S/C28H35F3N4O2/c1-28(2,3)25(34-27(36)24(37-4)13-11-21(32)15-29)26-33-23(18-8-6-5-7-9-18)17-35(26)16-19-14-20(30)10-12-22(19)31/h5-10,12,14,17,21,24-25H,11,13,15-16,32H2,1-4H3,(H,34,36)/t21-,24?,25+/m1/s1. The summed E-state index contributed by atoms with van der Waals surface area (Å²) in [5.41, 5.74) is 6.80.